The molecule has 5 rings (SSSR count). The van der Waals surface area contributed by atoms with Gasteiger partial charge in [-0.1, -0.05) is 6.07 Å². The van der Waals surface area contributed by atoms with Crippen LogP contribution in [-0.2, 0) is 19.1 Å². The van der Waals surface area contributed by atoms with Crippen molar-refractivity contribution in [2.75, 3.05) is 25.6 Å². The number of ether oxygens (including phenoxy) is 2. The molecule has 0 bridgehead atoms. The molecule has 4 aliphatic rings. The molecule has 162 valence electrons. The van der Waals surface area contributed by atoms with E-state index in [1.54, 1.807) is 19.1 Å². The Morgan fingerprint density at radius 1 is 1.39 bits per heavy atom. The first kappa shape index (κ1) is 19.6. The van der Waals surface area contributed by atoms with Gasteiger partial charge in [-0.2, -0.15) is 0 Å². The van der Waals surface area contributed by atoms with Gasteiger partial charge in [-0.3, -0.25) is 9.59 Å². The van der Waals surface area contributed by atoms with Crippen molar-refractivity contribution in [1.29, 1.82) is 0 Å². The Bertz CT molecular complexity index is 1100. The second-order valence-electron chi connectivity index (χ2n) is 8.10. The molecular formula is C21H22N4O6. The summed E-state index contributed by atoms with van der Waals surface area (Å²) in [7, 11) is 1.52. The first-order valence-corrected chi connectivity index (χ1v) is 9.91. The second kappa shape index (κ2) is 6.56. The number of hydrogen-bond acceptors (Lipinski definition) is 9. The Balaban J connectivity index is 1.57. The number of nitrogens with one attached hydrogen (secondary N) is 2. The highest BCUT2D eigenvalue weighted by Gasteiger charge is 2.72. The van der Waals surface area contributed by atoms with Gasteiger partial charge in [-0.25, -0.2) is 4.79 Å². The molecule has 10 heteroatoms. The van der Waals surface area contributed by atoms with E-state index in [0.717, 1.165) is 0 Å². The maximum Gasteiger partial charge on any atom is 0.404 e. The van der Waals surface area contributed by atoms with Crippen molar-refractivity contribution in [3.63, 3.8) is 0 Å². The lowest BCUT2D eigenvalue weighted by Gasteiger charge is -2.39. The number of aromatic hydroxyl groups is 1. The number of piperazine rings is 1. The summed E-state index contributed by atoms with van der Waals surface area (Å²) in [5.74, 6) is -1.34. The van der Waals surface area contributed by atoms with Crippen LogP contribution >= 0.6 is 0 Å². The lowest BCUT2D eigenvalue weighted by molar-refractivity contribution is -0.137. The minimum atomic E-state index is -1.02. The first-order valence-electron chi connectivity index (χ1n) is 9.91. The van der Waals surface area contributed by atoms with Crippen molar-refractivity contribution < 1.29 is 29.0 Å². The average molecular weight is 426 g/mol. The highest BCUT2D eigenvalue weighted by Crippen LogP contribution is 2.55. The Kier molecular flexibility index (Phi) is 4.15. The molecule has 1 aromatic carbocycles. The number of rotatable bonds is 5. The molecule has 0 radical (unpaired) electrons. The molecule has 4 atom stereocenters. The third kappa shape index (κ3) is 2.61. The minimum Gasteiger partial charge on any atom is -0.508 e. The number of methoxy groups -OCH3 is 1. The highest BCUT2D eigenvalue weighted by atomic mass is 16.6. The molecule has 3 heterocycles. The van der Waals surface area contributed by atoms with Crippen LogP contribution < -0.4 is 16.4 Å². The molecule has 5 N–H and O–H groups in total. The number of nitrogens with zero attached hydrogens (tertiary/aromatic N) is 1. The van der Waals surface area contributed by atoms with Crippen LogP contribution in [0.5, 0.6) is 5.75 Å². The lowest BCUT2D eigenvalue weighted by Crippen LogP contribution is -2.55. The van der Waals surface area contributed by atoms with E-state index in [-0.39, 0.29) is 58.5 Å². The van der Waals surface area contributed by atoms with Gasteiger partial charge < -0.3 is 35.8 Å². The molecular weight excluding hydrogens is 404 g/mol. The average Bonchev–Trinajstić information content (AvgIpc) is 3.34. The zero-order valence-electron chi connectivity index (χ0n) is 17.0. The van der Waals surface area contributed by atoms with Crippen LogP contribution in [0.1, 0.15) is 6.92 Å². The van der Waals surface area contributed by atoms with Crippen LogP contribution in [0, 0.1) is 5.92 Å². The molecule has 3 aliphatic heterocycles. The molecule has 0 saturated carbocycles. The van der Waals surface area contributed by atoms with Crippen molar-refractivity contribution in [1.82, 2.24) is 10.2 Å². The van der Waals surface area contributed by atoms with Crippen molar-refractivity contribution in [3.05, 3.63) is 46.8 Å². The summed E-state index contributed by atoms with van der Waals surface area (Å²) >= 11 is 0. The van der Waals surface area contributed by atoms with E-state index < -0.39 is 17.7 Å². The zero-order valence-corrected chi connectivity index (χ0v) is 17.0. The largest absolute Gasteiger partial charge is 0.508 e. The number of fused-ring (bicyclic) bond motifs is 4. The highest BCUT2D eigenvalue weighted by molar-refractivity contribution is 6.26. The molecule has 0 aromatic heterocycles. The normalized spacial score (nSPS) is 30.9. The van der Waals surface area contributed by atoms with E-state index in [1.165, 1.54) is 19.2 Å². The third-order valence-electron chi connectivity index (χ3n) is 6.54. The standard InChI is InChI=1S/C21H22N4O6/c1-9-15(23-10-4-3-5-11(26)6-10)18(28)14-12(8-31-20(22)29)21(30-2)19-13(24-19)7-25(21)16(14)17(9)27/h3-6,12-13,19,23-24,26H,7-8H2,1-2H3,(H2,22,29)/t12-,13+,19+,21-/m0/s1. The molecule has 0 unspecified atom stereocenters. The van der Waals surface area contributed by atoms with Crippen molar-refractivity contribution in [2.24, 2.45) is 11.7 Å². The van der Waals surface area contributed by atoms with Gasteiger partial charge in [0.1, 0.15) is 12.4 Å². The summed E-state index contributed by atoms with van der Waals surface area (Å²) < 4.78 is 11.0. The SMILES string of the molecule is CO[C@@]12[C@@H]3N[C@@H]3CN1C1=C(C(=O)C(Nc3cccc(O)c3)=C(C)C1=O)[C@@H]2COC(N)=O. The Morgan fingerprint density at radius 2 is 2.16 bits per heavy atom. The maximum atomic E-state index is 13.6. The van der Waals surface area contributed by atoms with E-state index in [4.69, 9.17) is 15.2 Å². The number of carbonyl (C=O) groups is 3. The molecule has 1 aliphatic carbocycles. The monoisotopic (exact) mass is 426 g/mol. The van der Waals surface area contributed by atoms with E-state index in [1.807, 2.05) is 4.90 Å². The topological polar surface area (TPSA) is 153 Å². The van der Waals surface area contributed by atoms with Crippen LogP contribution in [0.3, 0.4) is 0 Å². The quantitative estimate of drug-likeness (QED) is 0.382. The number of phenolic OH excluding ortho intramolecular Hbond substituents is 1. The maximum absolute atomic E-state index is 13.6. The summed E-state index contributed by atoms with van der Waals surface area (Å²) in [5.41, 5.74) is 5.55. The number of benzene rings is 1. The number of phenols is 1. The molecule has 0 spiro atoms. The summed E-state index contributed by atoms with van der Waals surface area (Å²) in [6.45, 7) is 1.90. The number of anilines is 1. The van der Waals surface area contributed by atoms with Gasteiger partial charge >= 0.3 is 6.09 Å². The number of ketones is 2. The van der Waals surface area contributed by atoms with Crippen molar-refractivity contribution >= 4 is 23.3 Å². The summed E-state index contributed by atoms with van der Waals surface area (Å²) in [6, 6.07) is 6.29. The van der Waals surface area contributed by atoms with E-state index in [9.17, 15) is 19.5 Å². The smallest absolute Gasteiger partial charge is 0.404 e. The van der Waals surface area contributed by atoms with Crippen LogP contribution in [0.4, 0.5) is 10.5 Å². The third-order valence-corrected chi connectivity index (χ3v) is 6.54. The Labute approximate surface area is 177 Å². The molecule has 2 saturated heterocycles. The van der Waals surface area contributed by atoms with Gasteiger partial charge in [0.05, 0.1) is 23.4 Å². The summed E-state index contributed by atoms with van der Waals surface area (Å²) in [4.78, 5) is 40.2. The van der Waals surface area contributed by atoms with Crippen LogP contribution in [0.2, 0.25) is 0 Å². The van der Waals surface area contributed by atoms with E-state index in [2.05, 4.69) is 10.6 Å². The second-order valence-corrected chi connectivity index (χ2v) is 8.10. The lowest BCUT2D eigenvalue weighted by atomic mass is 9.82. The van der Waals surface area contributed by atoms with Gasteiger partial charge in [0.15, 0.2) is 5.72 Å². The first-order chi connectivity index (χ1) is 14.8. The number of hydrogen-bond donors (Lipinski definition) is 4. The fourth-order valence-electron chi connectivity index (χ4n) is 5.17. The van der Waals surface area contributed by atoms with Gasteiger partial charge in [0.2, 0.25) is 11.6 Å². The van der Waals surface area contributed by atoms with Crippen molar-refractivity contribution in [2.45, 2.75) is 24.7 Å². The van der Waals surface area contributed by atoms with E-state index >= 15 is 0 Å². The number of carbonyl (C=O) groups excluding carboxylic acids is 3. The predicted octanol–water partition coefficient (Wildman–Crippen LogP) is 0.208. The number of allylic oxidation sites excluding steroid dienone is 2. The number of Topliss-reactive ketones (excluding diaryl/α,β-unsaturated/α-hetero) is 2. The predicted molar refractivity (Wildman–Crippen MR) is 108 cm³/mol. The number of nitrogens with two attached hydrogens (primary N) is 1. The van der Waals surface area contributed by atoms with Gasteiger partial charge in [0, 0.05) is 42.6 Å². The van der Waals surface area contributed by atoms with Crippen LogP contribution in [-0.4, -0.2) is 65.7 Å². The fraction of sp³-hybridized carbons (Fsp3) is 0.381. The minimum absolute atomic E-state index is 0.0242. The summed E-state index contributed by atoms with van der Waals surface area (Å²) in [5, 5.41) is 16.0. The van der Waals surface area contributed by atoms with Gasteiger partial charge in [0.25, 0.3) is 0 Å². The number of amides is 1. The molecule has 1 aromatic rings. The Hall–Kier alpha value is -3.37. The molecule has 31 heavy (non-hydrogen) atoms. The fourth-order valence-corrected chi connectivity index (χ4v) is 5.17. The Morgan fingerprint density at radius 3 is 2.84 bits per heavy atom. The molecule has 1 amide bonds. The molecule has 10 nitrogen and oxygen atoms in total. The van der Waals surface area contributed by atoms with Crippen LogP contribution in [0.15, 0.2) is 46.8 Å². The zero-order chi connectivity index (χ0) is 22.1. The molecule has 2 fully saturated rings. The number of primary amides is 1. The van der Waals surface area contributed by atoms with Crippen LogP contribution in [0.25, 0.3) is 0 Å². The van der Waals surface area contributed by atoms with Crippen molar-refractivity contribution in [3.8, 4) is 5.75 Å². The van der Waals surface area contributed by atoms with Gasteiger partial charge in [-0.05, 0) is 19.1 Å². The van der Waals surface area contributed by atoms with E-state index in [0.29, 0.717) is 12.2 Å². The van der Waals surface area contributed by atoms with Gasteiger partial charge in [-0.15, -0.1) is 0 Å². The summed E-state index contributed by atoms with van der Waals surface area (Å²) in [6.07, 6.45) is -0.968.